The maximum atomic E-state index is 12.8. The predicted molar refractivity (Wildman–Crippen MR) is 98.3 cm³/mol. The number of nitrogens with zero attached hydrogens (tertiary/aromatic N) is 2. The third-order valence-corrected chi connectivity index (χ3v) is 5.17. The van der Waals surface area contributed by atoms with Gasteiger partial charge in [-0.3, -0.25) is 14.7 Å². The number of aryl methyl sites for hydroxylation is 1. The number of carbonyl (C=O) groups excluding carboxylic acids is 2. The fraction of sp³-hybridized carbons (Fsp3) is 0.250. The van der Waals surface area contributed by atoms with Crippen molar-refractivity contribution in [2.45, 2.75) is 32.4 Å². The van der Waals surface area contributed by atoms with E-state index in [1.54, 1.807) is 0 Å². The first-order valence-corrected chi connectivity index (χ1v) is 8.69. The SMILES string of the molecule is C[C@@H](c1ccccc1)N1Cc2c(ccc3[nH]nc(C(N)=O)c23)CCC1=O. The van der Waals surface area contributed by atoms with Crippen molar-refractivity contribution in [3.8, 4) is 0 Å². The van der Waals surface area contributed by atoms with E-state index in [9.17, 15) is 9.59 Å². The van der Waals surface area contributed by atoms with Crippen molar-refractivity contribution in [2.24, 2.45) is 5.73 Å². The molecule has 1 atom stereocenters. The van der Waals surface area contributed by atoms with Crippen LogP contribution in [0.25, 0.3) is 10.9 Å². The lowest BCUT2D eigenvalue weighted by Crippen LogP contribution is -2.32. The van der Waals surface area contributed by atoms with Gasteiger partial charge in [0, 0.05) is 18.4 Å². The maximum absolute atomic E-state index is 12.8. The summed E-state index contributed by atoms with van der Waals surface area (Å²) < 4.78 is 0. The number of aromatic amines is 1. The van der Waals surface area contributed by atoms with E-state index in [1.165, 1.54) is 0 Å². The van der Waals surface area contributed by atoms with Crippen LogP contribution in [0.5, 0.6) is 0 Å². The number of benzene rings is 2. The molecule has 0 fully saturated rings. The predicted octanol–water partition coefficient (Wildman–Crippen LogP) is 2.70. The normalized spacial score (nSPS) is 15.6. The van der Waals surface area contributed by atoms with E-state index >= 15 is 0 Å². The fourth-order valence-electron chi connectivity index (χ4n) is 3.73. The molecule has 2 heterocycles. The highest BCUT2D eigenvalue weighted by atomic mass is 16.2. The van der Waals surface area contributed by atoms with Gasteiger partial charge in [0.25, 0.3) is 5.91 Å². The number of hydrogen-bond donors (Lipinski definition) is 2. The number of carbonyl (C=O) groups is 2. The van der Waals surface area contributed by atoms with Crippen LogP contribution >= 0.6 is 0 Å². The Morgan fingerprint density at radius 3 is 2.69 bits per heavy atom. The molecule has 0 spiro atoms. The van der Waals surface area contributed by atoms with Crippen LogP contribution in [0.1, 0.15) is 46.6 Å². The molecule has 0 unspecified atom stereocenters. The third kappa shape index (κ3) is 2.63. The summed E-state index contributed by atoms with van der Waals surface area (Å²) >= 11 is 0. The standard InChI is InChI=1S/C20H20N4O2/c1-12(13-5-3-2-4-6-13)24-11-15-14(8-10-17(24)25)7-9-16-18(15)19(20(21)26)23-22-16/h2-7,9,12H,8,10-11H2,1H3,(H2,21,26)(H,22,23)/t12-/m0/s1. The molecule has 0 radical (unpaired) electrons. The molecule has 1 aromatic heterocycles. The van der Waals surface area contributed by atoms with E-state index < -0.39 is 5.91 Å². The average Bonchev–Trinajstić information content (AvgIpc) is 3.02. The zero-order chi connectivity index (χ0) is 18.3. The Morgan fingerprint density at radius 1 is 1.19 bits per heavy atom. The van der Waals surface area contributed by atoms with Crippen LogP contribution in [0, 0.1) is 0 Å². The minimum absolute atomic E-state index is 0.0613. The summed E-state index contributed by atoms with van der Waals surface area (Å²) in [5.74, 6) is -0.460. The second-order valence-corrected chi connectivity index (χ2v) is 6.67. The number of nitrogens with two attached hydrogens (primary N) is 1. The molecule has 6 nitrogen and oxygen atoms in total. The third-order valence-electron chi connectivity index (χ3n) is 5.17. The van der Waals surface area contributed by atoms with E-state index in [1.807, 2.05) is 54.3 Å². The van der Waals surface area contributed by atoms with Gasteiger partial charge in [0.2, 0.25) is 5.91 Å². The lowest BCUT2D eigenvalue weighted by atomic mass is 9.98. The Balaban J connectivity index is 1.82. The molecule has 0 aliphatic carbocycles. The average molecular weight is 348 g/mol. The van der Waals surface area contributed by atoms with Crippen molar-refractivity contribution >= 4 is 22.7 Å². The molecule has 0 saturated carbocycles. The van der Waals surface area contributed by atoms with Crippen LogP contribution in [0.4, 0.5) is 0 Å². The Labute approximate surface area is 151 Å². The van der Waals surface area contributed by atoms with Crippen molar-refractivity contribution in [2.75, 3.05) is 0 Å². The van der Waals surface area contributed by atoms with Crippen LogP contribution in [0.15, 0.2) is 42.5 Å². The molecule has 132 valence electrons. The number of hydrogen-bond acceptors (Lipinski definition) is 3. The Hall–Kier alpha value is -3.15. The molecule has 3 aromatic rings. The van der Waals surface area contributed by atoms with Gasteiger partial charge in [0.15, 0.2) is 5.69 Å². The number of primary amides is 1. The molecular weight excluding hydrogens is 328 g/mol. The first kappa shape index (κ1) is 16.3. The number of amides is 2. The second kappa shape index (κ2) is 6.29. The number of aromatic nitrogens is 2. The van der Waals surface area contributed by atoms with Gasteiger partial charge in [-0.25, -0.2) is 0 Å². The van der Waals surface area contributed by atoms with E-state index in [0.717, 1.165) is 27.6 Å². The number of H-pyrrole nitrogens is 1. The zero-order valence-corrected chi connectivity index (χ0v) is 14.5. The van der Waals surface area contributed by atoms with E-state index in [-0.39, 0.29) is 17.6 Å². The summed E-state index contributed by atoms with van der Waals surface area (Å²) in [5.41, 5.74) is 9.61. The minimum atomic E-state index is -0.567. The summed E-state index contributed by atoms with van der Waals surface area (Å²) in [6, 6.07) is 13.8. The highest BCUT2D eigenvalue weighted by Crippen LogP contribution is 2.32. The van der Waals surface area contributed by atoms with Gasteiger partial charge < -0.3 is 10.6 Å². The minimum Gasteiger partial charge on any atom is -0.364 e. The monoisotopic (exact) mass is 348 g/mol. The summed E-state index contributed by atoms with van der Waals surface area (Å²) in [4.78, 5) is 26.5. The van der Waals surface area contributed by atoms with Crippen molar-refractivity contribution in [1.82, 2.24) is 15.1 Å². The van der Waals surface area contributed by atoms with Crippen molar-refractivity contribution in [1.29, 1.82) is 0 Å². The number of nitrogens with one attached hydrogen (secondary N) is 1. The van der Waals surface area contributed by atoms with Crippen molar-refractivity contribution in [3.63, 3.8) is 0 Å². The van der Waals surface area contributed by atoms with Crippen molar-refractivity contribution < 1.29 is 9.59 Å². The summed E-state index contributed by atoms with van der Waals surface area (Å²) in [7, 11) is 0. The zero-order valence-electron chi connectivity index (χ0n) is 14.5. The molecule has 0 bridgehead atoms. The number of fused-ring (bicyclic) bond motifs is 3. The summed E-state index contributed by atoms with van der Waals surface area (Å²) in [5, 5.41) is 7.68. The first-order valence-electron chi connectivity index (χ1n) is 8.69. The van der Waals surface area contributed by atoms with Gasteiger partial charge in [-0.2, -0.15) is 5.10 Å². The summed E-state index contributed by atoms with van der Waals surface area (Å²) in [6.45, 7) is 2.46. The molecule has 26 heavy (non-hydrogen) atoms. The molecule has 4 rings (SSSR count). The second-order valence-electron chi connectivity index (χ2n) is 6.67. The molecule has 3 N–H and O–H groups in total. The van der Waals surface area contributed by atoms with E-state index in [2.05, 4.69) is 10.2 Å². The first-order chi connectivity index (χ1) is 12.6. The Bertz CT molecular complexity index is 994. The van der Waals surface area contributed by atoms with Crippen LogP contribution in [-0.2, 0) is 17.8 Å². The molecular formula is C20H20N4O2. The molecule has 1 aliphatic heterocycles. The van der Waals surface area contributed by atoms with Gasteiger partial charge >= 0.3 is 0 Å². The summed E-state index contributed by atoms with van der Waals surface area (Å²) in [6.07, 6.45) is 1.09. The molecule has 0 saturated heterocycles. The molecule has 6 heteroatoms. The van der Waals surface area contributed by atoms with Crippen LogP contribution in [-0.4, -0.2) is 26.9 Å². The van der Waals surface area contributed by atoms with Gasteiger partial charge in [-0.05, 0) is 36.1 Å². The van der Waals surface area contributed by atoms with Crippen LogP contribution in [0.3, 0.4) is 0 Å². The van der Waals surface area contributed by atoms with Gasteiger partial charge in [0.1, 0.15) is 0 Å². The smallest absolute Gasteiger partial charge is 0.269 e. The van der Waals surface area contributed by atoms with E-state index in [0.29, 0.717) is 19.4 Å². The topological polar surface area (TPSA) is 92.1 Å². The Morgan fingerprint density at radius 2 is 1.96 bits per heavy atom. The maximum Gasteiger partial charge on any atom is 0.269 e. The number of rotatable bonds is 3. The van der Waals surface area contributed by atoms with Gasteiger partial charge in [-0.1, -0.05) is 36.4 Å². The lowest BCUT2D eigenvalue weighted by molar-refractivity contribution is -0.133. The van der Waals surface area contributed by atoms with Crippen LogP contribution < -0.4 is 5.73 Å². The molecule has 2 aromatic carbocycles. The van der Waals surface area contributed by atoms with Gasteiger partial charge in [0.05, 0.1) is 11.6 Å². The molecule has 1 aliphatic rings. The van der Waals surface area contributed by atoms with Crippen LogP contribution in [0.2, 0.25) is 0 Å². The van der Waals surface area contributed by atoms with E-state index in [4.69, 9.17) is 5.73 Å². The quantitative estimate of drug-likeness (QED) is 0.762. The lowest BCUT2D eigenvalue weighted by Gasteiger charge is -2.29. The highest BCUT2D eigenvalue weighted by molar-refractivity contribution is 6.05. The largest absolute Gasteiger partial charge is 0.364 e. The molecule has 2 amide bonds. The van der Waals surface area contributed by atoms with Gasteiger partial charge in [-0.15, -0.1) is 0 Å². The van der Waals surface area contributed by atoms with Crippen molar-refractivity contribution in [3.05, 3.63) is 64.8 Å². The highest BCUT2D eigenvalue weighted by Gasteiger charge is 2.28. The Kier molecular flexibility index (Phi) is 3.95. The fourth-order valence-corrected chi connectivity index (χ4v) is 3.73.